The molecule has 0 N–H and O–H groups in total. The Morgan fingerprint density at radius 1 is 0.865 bits per heavy atom. The van der Waals surface area contributed by atoms with Gasteiger partial charge in [-0.15, -0.1) is 0 Å². The number of hydrogen-bond donors (Lipinski definition) is 0. The lowest BCUT2D eigenvalue weighted by Crippen LogP contribution is -2.27. The highest BCUT2D eigenvalue weighted by Gasteiger charge is 2.37. The maximum atomic E-state index is 12.6. The number of ketones is 1. The summed E-state index contributed by atoms with van der Waals surface area (Å²) < 4.78 is 21.1. The van der Waals surface area contributed by atoms with Crippen molar-refractivity contribution in [2.75, 3.05) is 32.3 Å². The molecule has 3 aromatic rings. The third-order valence-corrected chi connectivity index (χ3v) is 5.88. The number of hydrogen-bond acceptors (Lipinski definition) is 8. The zero-order valence-corrected chi connectivity index (χ0v) is 20.3. The Morgan fingerprint density at radius 3 is 2.24 bits per heavy atom. The molecule has 1 saturated heterocycles. The molecule has 0 unspecified atom stereocenters. The van der Waals surface area contributed by atoms with Gasteiger partial charge in [-0.2, -0.15) is 0 Å². The highest BCUT2D eigenvalue weighted by molar-refractivity contribution is 6.02. The van der Waals surface area contributed by atoms with Crippen molar-refractivity contribution in [1.29, 1.82) is 0 Å². The molecule has 9 heteroatoms. The molecule has 1 aliphatic rings. The van der Waals surface area contributed by atoms with Gasteiger partial charge in [0.15, 0.2) is 12.4 Å². The lowest BCUT2D eigenvalue weighted by atomic mass is 10.1. The van der Waals surface area contributed by atoms with Crippen LogP contribution in [0.5, 0.6) is 17.2 Å². The fourth-order valence-electron chi connectivity index (χ4n) is 3.89. The van der Waals surface area contributed by atoms with Crippen molar-refractivity contribution in [2.24, 2.45) is 5.92 Å². The minimum atomic E-state index is -0.726. The van der Waals surface area contributed by atoms with Crippen LogP contribution in [0.4, 0.5) is 5.69 Å². The summed E-state index contributed by atoms with van der Waals surface area (Å²) in [6.45, 7) is -0.383. The van der Waals surface area contributed by atoms with Crippen molar-refractivity contribution in [1.82, 2.24) is 0 Å². The number of rotatable bonds is 9. The predicted octanol–water partition coefficient (Wildman–Crippen LogP) is 3.70. The molecule has 0 saturated carbocycles. The van der Waals surface area contributed by atoms with E-state index in [-0.39, 0.29) is 30.2 Å². The molecular weight excluding hydrogens is 478 g/mol. The lowest BCUT2D eigenvalue weighted by Gasteiger charge is -2.20. The van der Waals surface area contributed by atoms with E-state index in [4.69, 9.17) is 18.9 Å². The monoisotopic (exact) mass is 503 g/mol. The number of Topliss-reactive ketones (excluding diaryl/α,β-unsaturated/α-hetero) is 1. The Balaban J connectivity index is 1.32. The van der Waals surface area contributed by atoms with Gasteiger partial charge in [-0.25, -0.2) is 4.79 Å². The molecular formula is C28H25NO8. The van der Waals surface area contributed by atoms with Gasteiger partial charge in [-0.3, -0.25) is 14.4 Å². The van der Waals surface area contributed by atoms with E-state index in [0.717, 1.165) is 0 Å². The van der Waals surface area contributed by atoms with Crippen LogP contribution in [0, 0.1) is 5.92 Å². The molecule has 190 valence electrons. The number of benzene rings is 3. The first-order chi connectivity index (χ1) is 17.9. The van der Waals surface area contributed by atoms with Crippen molar-refractivity contribution in [2.45, 2.75) is 6.42 Å². The second-order valence-corrected chi connectivity index (χ2v) is 8.25. The number of carbonyl (C=O) groups is 4. The molecule has 0 aromatic heterocycles. The van der Waals surface area contributed by atoms with E-state index in [1.165, 1.54) is 43.4 Å². The summed E-state index contributed by atoms with van der Waals surface area (Å²) in [5, 5.41) is 0. The molecule has 0 bridgehead atoms. The SMILES string of the molecule is COc1ccc(OC)c(N2C[C@@H](C(=O)OCC(=O)c3ccc(OC(=O)c4ccccc4)cc3)CC2=O)c1. The number of methoxy groups -OCH3 is 2. The molecule has 1 aliphatic heterocycles. The summed E-state index contributed by atoms with van der Waals surface area (Å²) >= 11 is 0. The van der Waals surface area contributed by atoms with Crippen LogP contribution in [0.25, 0.3) is 0 Å². The molecule has 1 heterocycles. The highest BCUT2D eigenvalue weighted by atomic mass is 16.5. The zero-order valence-electron chi connectivity index (χ0n) is 20.3. The number of ether oxygens (including phenoxy) is 4. The minimum Gasteiger partial charge on any atom is -0.497 e. The summed E-state index contributed by atoms with van der Waals surface area (Å²) in [5.74, 6) is -1.28. The molecule has 37 heavy (non-hydrogen) atoms. The second kappa shape index (κ2) is 11.4. The Hall–Kier alpha value is -4.66. The van der Waals surface area contributed by atoms with Gasteiger partial charge in [0.2, 0.25) is 5.91 Å². The van der Waals surface area contributed by atoms with Crippen LogP contribution in [0.3, 0.4) is 0 Å². The second-order valence-electron chi connectivity index (χ2n) is 8.25. The van der Waals surface area contributed by atoms with Crippen molar-refractivity contribution in [3.8, 4) is 17.2 Å². The van der Waals surface area contributed by atoms with Gasteiger partial charge in [0.25, 0.3) is 0 Å². The van der Waals surface area contributed by atoms with E-state index in [1.807, 2.05) is 0 Å². The molecule has 3 aromatic carbocycles. The summed E-state index contributed by atoms with van der Waals surface area (Å²) in [5.41, 5.74) is 1.19. The molecule has 1 atom stereocenters. The number of amides is 1. The first kappa shape index (κ1) is 25.4. The van der Waals surface area contributed by atoms with Crippen LogP contribution < -0.4 is 19.1 Å². The first-order valence-electron chi connectivity index (χ1n) is 11.5. The molecule has 0 aliphatic carbocycles. The first-order valence-corrected chi connectivity index (χ1v) is 11.5. The topological polar surface area (TPSA) is 108 Å². The van der Waals surface area contributed by atoms with Crippen molar-refractivity contribution >= 4 is 29.3 Å². The van der Waals surface area contributed by atoms with Crippen molar-refractivity contribution in [3.63, 3.8) is 0 Å². The van der Waals surface area contributed by atoms with Gasteiger partial charge in [0, 0.05) is 24.6 Å². The fraction of sp³-hybridized carbons (Fsp3) is 0.214. The number of esters is 2. The van der Waals surface area contributed by atoms with Gasteiger partial charge < -0.3 is 23.8 Å². The van der Waals surface area contributed by atoms with E-state index >= 15 is 0 Å². The zero-order chi connectivity index (χ0) is 26.4. The van der Waals surface area contributed by atoms with Gasteiger partial charge in [0.05, 0.1) is 31.4 Å². The summed E-state index contributed by atoms with van der Waals surface area (Å²) in [7, 11) is 3.00. The van der Waals surface area contributed by atoms with Gasteiger partial charge in [-0.05, 0) is 48.5 Å². The molecule has 1 amide bonds. The van der Waals surface area contributed by atoms with E-state index < -0.39 is 30.2 Å². The van der Waals surface area contributed by atoms with Crippen molar-refractivity contribution < 1.29 is 38.1 Å². The largest absolute Gasteiger partial charge is 0.497 e. The van der Waals surface area contributed by atoms with Crippen molar-refractivity contribution in [3.05, 3.63) is 83.9 Å². The average molecular weight is 504 g/mol. The predicted molar refractivity (Wildman–Crippen MR) is 133 cm³/mol. The van der Waals surface area contributed by atoms with E-state index in [1.54, 1.807) is 48.5 Å². The lowest BCUT2D eigenvalue weighted by molar-refractivity contribution is -0.147. The molecule has 1 fully saturated rings. The van der Waals surface area contributed by atoms with Gasteiger partial charge in [0.1, 0.15) is 17.2 Å². The Bertz CT molecular complexity index is 1300. The quantitative estimate of drug-likeness (QED) is 0.247. The third kappa shape index (κ3) is 5.95. The van der Waals surface area contributed by atoms with Crippen LogP contribution >= 0.6 is 0 Å². The summed E-state index contributed by atoms with van der Waals surface area (Å²) in [4.78, 5) is 51.4. The number of carbonyl (C=O) groups excluding carboxylic acids is 4. The van der Waals surface area contributed by atoms with Gasteiger partial charge in [-0.1, -0.05) is 18.2 Å². The van der Waals surface area contributed by atoms with Crippen LogP contribution in [-0.2, 0) is 14.3 Å². The van der Waals surface area contributed by atoms with Crippen LogP contribution in [0.15, 0.2) is 72.8 Å². The molecule has 4 rings (SSSR count). The summed E-state index contributed by atoms with van der Waals surface area (Å²) in [6.07, 6.45) is -0.0468. The van der Waals surface area contributed by atoms with Gasteiger partial charge >= 0.3 is 11.9 Å². The van der Waals surface area contributed by atoms with Crippen LogP contribution in [-0.4, -0.2) is 51.0 Å². The maximum absolute atomic E-state index is 12.6. The molecule has 9 nitrogen and oxygen atoms in total. The highest BCUT2D eigenvalue weighted by Crippen LogP contribution is 2.36. The summed E-state index contributed by atoms with van der Waals surface area (Å²) in [6, 6.07) is 19.5. The Morgan fingerprint density at radius 2 is 1.57 bits per heavy atom. The normalized spacial score (nSPS) is 14.7. The maximum Gasteiger partial charge on any atom is 0.343 e. The smallest absolute Gasteiger partial charge is 0.343 e. The fourth-order valence-corrected chi connectivity index (χ4v) is 3.89. The van der Waals surface area contributed by atoms with E-state index in [0.29, 0.717) is 22.7 Å². The third-order valence-electron chi connectivity index (χ3n) is 5.88. The minimum absolute atomic E-state index is 0.0468. The average Bonchev–Trinajstić information content (AvgIpc) is 3.33. The number of nitrogens with zero attached hydrogens (tertiary/aromatic N) is 1. The van der Waals surface area contributed by atoms with Crippen LogP contribution in [0.2, 0.25) is 0 Å². The standard InChI is InChI=1S/C28H25NO8/c1-34-22-12-13-25(35-2)23(15-22)29-16-20(14-26(29)31)27(32)36-17-24(30)18-8-10-21(11-9-18)37-28(33)19-6-4-3-5-7-19/h3-13,15,20H,14,16-17H2,1-2H3/t20-/m0/s1. The van der Waals surface area contributed by atoms with E-state index in [9.17, 15) is 19.2 Å². The molecule has 0 radical (unpaired) electrons. The van der Waals surface area contributed by atoms with E-state index in [2.05, 4.69) is 0 Å². The number of anilines is 1. The Kier molecular flexibility index (Phi) is 7.83. The molecule has 0 spiro atoms. The Labute approximate surface area is 213 Å². The van der Waals surface area contributed by atoms with Crippen LogP contribution in [0.1, 0.15) is 27.1 Å².